The number of rotatable bonds is 2. The molecule has 0 aliphatic carbocycles. The van der Waals surface area contributed by atoms with E-state index in [9.17, 15) is 9.90 Å². The Kier molecular flexibility index (Phi) is 6.57. The minimum atomic E-state index is -0.250. The summed E-state index contributed by atoms with van der Waals surface area (Å²) in [5, 5.41) is 20.0. The van der Waals surface area contributed by atoms with Crippen LogP contribution in [0.4, 0.5) is 0 Å². The number of hydrogen-bond acceptors (Lipinski definition) is 5. The predicted octanol–water partition coefficient (Wildman–Crippen LogP) is 0.616. The zero-order valence-corrected chi connectivity index (χ0v) is 13.6. The Hall–Kier alpha value is -2.12. The highest BCUT2D eigenvalue weighted by Crippen LogP contribution is 2.28. The molecule has 0 aromatic heterocycles. The molecule has 3 N–H and O–H groups in total. The van der Waals surface area contributed by atoms with Crippen molar-refractivity contribution in [1.29, 1.82) is 0 Å². The predicted molar refractivity (Wildman–Crippen MR) is 87.9 cm³/mol. The second kappa shape index (κ2) is 8.65. The maximum Gasteiger partial charge on any atom is 0.290 e. The average molecular weight is 336 g/mol. The zero-order valence-electron chi connectivity index (χ0n) is 13.6. The molecule has 0 bridgehead atoms. The van der Waals surface area contributed by atoms with Crippen molar-refractivity contribution in [3.63, 3.8) is 0 Å². The fourth-order valence-electron chi connectivity index (χ4n) is 3.18. The first-order valence-corrected chi connectivity index (χ1v) is 8.07. The number of morpholine rings is 1. The van der Waals surface area contributed by atoms with E-state index >= 15 is 0 Å². The number of piperidine rings is 1. The standard InChI is InChI=1S/C16H22N2O3.CH2O2/c19-14-4-2-1-3-13(14)11-15(20)18-9-10-21-16(12-18)5-7-17-8-6-16;2-1-3/h1-4,17,19H,5-12H2;1H,(H,2,3). The number of benzene rings is 1. The van der Waals surface area contributed by atoms with Gasteiger partial charge in [-0.2, -0.15) is 0 Å². The van der Waals surface area contributed by atoms with Gasteiger partial charge in [-0.05, 0) is 32.0 Å². The molecular weight excluding hydrogens is 312 g/mol. The van der Waals surface area contributed by atoms with Gasteiger partial charge in [0.25, 0.3) is 6.47 Å². The van der Waals surface area contributed by atoms with Crippen molar-refractivity contribution < 1.29 is 24.5 Å². The van der Waals surface area contributed by atoms with Crippen LogP contribution in [-0.4, -0.2) is 65.9 Å². The first-order chi connectivity index (χ1) is 11.6. The third-order valence-electron chi connectivity index (χ3n) is 4.45. The van der Waals surface area contributed by atoms with E-state index < -0.39 is 0 Å². The highest BCUT2D eigenvalue weighted by Gasteiger charge is 2.39. The van der Waals surface area contributed by atoms with Crippen LogP contribution in [0.2, 0.25) is 0 Å². The van der Waals surface area contributed by atoms with Crippen molar-refractivity contribution >= 4 is 12.4 Å². The van der Waals surface area contributed by atoms with Crippen LogP contribution in [0.25, 0.3) is 0 Å². The van der Waals surface area contributed by atoms with Crippen molar-refractivity contribution in [2.75, 3.05) is 32.8 Å². The summed E-state index contributed by atoms with van der Waals surface area (Å²) in [5.41, 5.74) is 0.520. The first-order valence-electron chi connectivity index (χ1n) is 8.07. The molecule has 1 amide bonds. The fourth-order valence-corrected chi connectivity index (χ4v) is 3.18. The number of carbonyl (C=O) groups excluding carboxylic acids is 1. The van der Waals surface area contributed by atoms with Crippen LogP contribution in [0.3, 0.4) is 0 Å². The van der Waals surface area contributed by atoms with Gasteiger partial charge in [-0.1, -0.05) is 18.2 Å². The maximum absolute atomic E-state index is 12.5. The summed E-state index contributed by atoms with van der Waals surface area (Å²) in [5.74, 6) is 0.258. The number of aromatic hydroxyl groups is 1. The Balaban J connectivity index is 0.000000647. The quantitative estimate of drug-likeness (QED) is 0.685. The molecule has 2 saturated heterocycles. The van der Waals surface area contributed by atoms with Crippen LogP contribution in [0, 0.1) is 0 Å². The summed E-state index contributed by atoms with van der Waals surface area (Å²) in [6, 6.07) is 7.03. The number of carboxylic acid groups (broad SMARTS) is 1. The highest BCUT2D eigenvalue weighted by molar-refractivity contribution is 5.79. The molecule has 2 aliphatic rings. The molecule has 2 heterocycles. The smallest absolute Gasteiger partial charge is 0.290 e. The molecule has 0 radical (unpaired) electrons. The Morgan fingerprint density at radius 3 is 2.67 bits per heavy atom. The number of para-hydroxylation sites is 1. The van der Waals surface area contributed by atoms with Gasteiger partial charge in [0.2, 0.25) is 5.91 Å². The van der Waals surface area contributed by atoms with Crippen molar-refractivity contribution in [3.8, 4) is 5.75 Å². The molecule has 2 fully saturated rings. The molecule has 3 rings (SSSR count). The second-order valence-corrected chi connectivity index (χ2v) is 6.01. The molecule has 0 saturated carbocycles. The number of phenolic OH excluding ortho intramolecular Hbond substituents is 1. The van der Waals surface area contributed by atoms with Gasteiger partial charge in [0.05, 0.1) is 18.6 Å². The highest BCUT2D eigenvalue weighted by atomic mass is 16.5. The number of phenols is 1. The summed E-state index contributed by atoms with van der Waals surface area (Å²) in [6.45, 7) is 3.55. The summed E-state index contributed by atoms with van der Waals surface area (Å²) in [4.78, 5) is 22.7. The van der Waals surface area contributed by atoms with Gasteiger partial charge in [0.15, 0.2) is 0 Å². The Morgan fingerprint density at radius 2 is 2.00 bits per heavy atom. The van der Waals surface area contributed by atoms with E-state index in [1.165, 1.54) is 0 Å². The van der Waals surface area contributed by atoms with Crippen molar-refractivity contribution in [2.24, 2.45) is 0 Å². The van der Waals surface area contributed by atoms with Crippen molar-refractivity contribution in [2.45, 2.75) is 24.9 Å². The molecule has 132 valence electrons. The van der Waals surface area contributed by atoms with Crippen LogP contribution in [0.15, 0.2) is 24.3 Å². The van der Waals surface area contributed by atoms with E-state index in [2.05, 4.69) is 5.32 Å². The Labute approximate surface area is 141 Å². The van der Waals surface area contributed by atoms with Crippen molar-refractivity contribution in [1.82, 2.24) is 10.2 Å². The average Bonchev–Trinajstić information content (AvgIpc) is 2.58. The Morgan fingerprint density at radius 1 is 1.33 bits per heavy atom. The van der Waals surface area contributed by atoms with Crippen molar-refractivity contribution in [3.05, 3.63) is 29.8 Å². The monoisotopic (exact) mass is 336 g/mol. The lowest BCUT2D eigenvalue weighted by atomic mass is 9.90. The molecule has 1 aromatic carbocycles. The minimum Gasteiger partial charge on any atom is -0.508 e. The number of carbonyl (C=O) groups is 2. The van der Waals surface area contributed by atoms with E-state index in [-0.39, 0.29) is 30.2 Å². The summed E-state index contributed by atoms with van der Waals surface area (Å²) < 4.78 is 5.98. The van der Waals surface area contributed by atoms with Gasteiger partial charge in [0, 0.05) is 18.7 Å². The molecule has 2 aliphatic heterocycles. The topological polar surface area (TPSA) is 99.1 Å². The summed E-state index contributed by atoms with van der Waals surface area (Å²) >= 11 is 0. The first kappa shape index (κ1) is 18.2. The lowest BCUT2D eigenvalue weighted by Gasteiger charge is -2.45. The normalized spacial score (nSPS) is 19.2. The van der Waals surface area contributed by atoms with Crippen LogP contribution in [-0.2, 0) is 20.7 Å². The zero-order chi connectivity index (χ0) is 17.4. The van der Waals surface area contributed by atoms with E-state index in [4.69, 9.17) is 14.6 Å². The molecule has 7 nitrogen and oxygen atoms in total. The van der Waals surface area contributed by atoms with Crippen LogP contribution in [0.5, 0.6) is 5.75 Å². The third-order valence-corrected chi connectivity index (χ3v) is 4.45. The van der Waals surface area contributed by atoms with Crippen LogP contribution >= 0.6 is 0 Å². The second-order valence-electron chi connectivity index (χ2n) is 6.01. The van der Waals surface area contributed by atoms with Gasteiger partial charge in [-0.15, -0.1) is 0 Å². The van der Waals surface area contributed by atoms with Gasteiger partial charge < -0.3 is 25.2 Å². The molecule has 1 spiro atoms. The largest absolute Gasteiger partial charge is 0.508 e. The number of nitrogens with one attached hydrogen (secondary N) is 1. The lowest BCUT2D eigenvalue weighted by Crippen LogP contribution is -2.57. The summed E-state index contributed by atoms with van der Waals surface area (Å²) in [6.07, 6.45) is 2.15. The fraction of sp³-hybridized carbons (Fsp3) is 0.529. The van der Waals surface area contributed by atoms with Crippen LogP contribution < -0.4 is 5.32 Å². The van der Waals surface area contributed by atoms with Crippen LogP contribution in [0.1, 0.15) is 18.4 Å². The molecule has 0 atom stereocenters. The SMILES string of the molecule is O=C(Cc1ccccc1O)N1CCOC2(CCNCC2)C1.O=CO. The molecular formula is C17H24N2O5. The third kappa shape index (κ3) is 4.69. The molecule has 7 heteroatoms. The molecule has 0 unspecified atom stereocenters. The number of amides is 1. The number of hydrogen-bond donors (Lipinski definition) is 3. The van der Waals surface area contributed by atoms with Gasteiger partial charge in [-0.3, -0.25) is 9.59 Å². The lowest BCUT2D eigenvalue weighted by molar-refractivity contribution is -0.154. The van der Waals surface area contributed by atoms with Gasteiger partial charge in [-0.25, -0.2) is 0 Å². The van der Waals surface area contributed by atoms with E-state index in [0.717, 1.165) is 25.9 Å². The molecule has 1 aromatic rings. The van der Waals surface area contributed by atoms with E-state index in [1.807, 2.05) is 11.0 Å². The Bertz CT molecular complexity index is 552. The number of ether oxygens (including phenoxy) is 1. The van der Waals surface area contributed by atoms with E-state index in [1.54, 1.807) is 18.2 Å². The maximum atomic E-state index is 12.5. The number of nitrogens with zero attached hydrogens (tertiary/aromatic N) is 1. The van der Waals surface area contributed by atoms with Gasteiger partial charge in [0.1, 0.15) is 5.75 Å². The van der Waals surface area contributed by atoms with Gasteiger partial charge >= 0.3 is 0 Å². The summed E-state index contributed by atoms with van der Waals surface area (Å²) in [7, 11) is 0. The molecule has 24 heavy (non-hydrogen) atoms. The minimum absolute atomic E-state index is 0.0673. The van der Waals surface area contributed by atoms with E-state index in [0.29, 0.717) is 25.3 Å².